The van der Waals surface area contributed by atoms with Crippen LogP contribution in [0, 0.1) is 0 Å². The fourth-order valence-corrected chi connectivity index (χ4v) is 1.73. The average Bonchev–Trinajstić information content (AvgIpc) is 2.13. The van der Waals surface area contributed by atoms with Gasteiger partial charge in [-0.2, -0.15) is 8.42 Å². The molecule has 1 N–H and O–H groups in total. The van der Waals surface area contributed by atoms with E-state index >= 15 is 0 Å². The number of nitrogens with zero attached hydrogens (tertiary/aromatic N) is 1. The van der Waals surface area contributed by atoms with Crippen LogP contribution < -0.4 is 0 Å². The molecule has 0 aliphatic carbocycles. The minimum absolute atomic E-state index is 0.155. The SMILES string of the molecule is O=S(=O)(O)CCCCc1ccncc1. The van der Waals surface area contributed by atoms with E-state index in [-0.39, 0.29) is 5.75 Å². The second-order valence-corrected chi connectivity index (χ2v) is 4.67. The van der Waals surface area contributed by atoms with Crippen molar-refractivity contribution in [2.75, 3.05) is 5.75 Å². The summed E-state index contributed by atoms with van der Waals surface area (Å²) in [6, 6.07) is 3.79. The molecule has 4 nitrogen and oxygen atoms in total. The summed E-state index contributed by atoms with van der Waals surface area (Å²) in [7, 11) is -3.79. The standard InChI is InChI=1S/C9H13NO3S/c11-14(12,13)8-2-1-3-9-4-6-10-7-5-9/h4-7H,1-3,8H2,(H,11,12,13). The summed E-state index contributed by atoms with van der Waals surface area (Å²) in [5, 5.41) is 0. The van der Waals surface area contributed by atoms with E-state index in [1.54, 1.807) is 12.4 Å². The van der Waals surface area contributed by atoms with E-state index in [1.807, 2.05) is 12.1 Å². The highest BCUT2D eigenvalue weighted by Gasteiger charge is 2.03. The Kier molecular flexibility index (Phi) is 4.03. The molecule has 0 atom stereocenters. The number of pyridine rings is 1. The predicted octanol–water partition coefficient (Wildman–Crippen LogP) is 1.29. The number of hydrogen-bond acceptors (Lipinski definition) is 3. The topological polar surface area (TPSA) is 67.3 Å². The highest BCUT2D eigenvalue weighted by atomic mass is 32.2. The van der Waals surface area contributed by atoms with Gasteiger partial charge in [0.2, 0.25) is 0 Å². The minimum atomic E-state index is -3.79. The van der Waals surface area contributed by atoms with E-state index in [4.69, 9.17) is 4.55 Å². The molecule has 0 aliphatic rings. The van der Waals surface area contributed by atoms with Gasteiger partial charge in [-0.1, -0.05) is 0 Å². The Hall–Kier alpha value is -0.940. The summed E-state index contributed by atoms with van der Waals surface area (Å²) in [4.78, 5) is 3.88. The molecule has 0 spiro atoms. The molecule has 0 fully saturated rings. The van der Waals surface area contributed by atoms with Crippen molar-refractivity contribution in [1.29, 1.82) is 0 Å². The van der Waals surface area contributed by atoms with Crippen molar-refractivity contribution in [1.82, 2.24) is 4.98 Å². The largest absolute Gasteiger partial charge is 0.286 e. The van der Waals surface area contributed by atoms with Gasteiger partial charge in [0.15, 0.2) is 0 Å². The highest BCUT2D eigenvalue weighted by molar-refractivity contribution is 7.85. The van der Waals surface area contributed by atoms with Crippen LogP contribution in [0.1, 0.15) is 18.4 Å². The molecule has 0 saturated heterocycles. The number of aryl methyl sites for hydroxylation is 1. The first-order valence-electron chi connectivity index (χ1n) is 4.42. The monoisotopic (exact) mass is 215 g/mol. The highest BCUT2D eigenvalue weighted by Crippen LogP contribution is 2.04. The Morgan fingerprint density at radius 2 is 1.86 bits per heavy atom. The van der Waals surface area contributed by atoms with E-state index < -0.39 is 10.1 Å². The lowest BCUT2D eigenvalue weighted by Crippen LogP contribution is -2.03. The maximum Gasteiger partial charge on any atom is 0.264 e. The van der Waals surface area contributed by atoms with Gasteiger partial charge in [-0.25, -0.2) is 0 Å². The normalized spacial score (nSPS) is 11.5. The van der Waals surface area contributed by atoms with Crippen LogP contribution >= 0.6 is 0 Å². The maximum atomic E-state index is 10.4. The van der Waals surface area contributed by atoms with Crippen LogP contribution in [0.2, 0.25) is 0 Å². The maximum absolute atomic E-state index is 10.4. The Balaban J connectivity index is 2.23. The van der Waals surface area contributed by atoms with Crippen molar-refractivity contribution in [2.24, 2.45) is 0 Å². The van der Waals surface area contributed by atoms with Crippen molar-refractivity contribution in [2.45, 2.75) is 19.3 Å². The number of hydrogen-bond donors (Lipinski definition) is 1. The van der Waals surface area contributed by atoms with Crippen molar-refractivity contribution < 1.29 is 13.0 Å². The van der Waals surface area contributed by atoms with Crippen LogP contribution in [0.15, 0.2) is 24.5 Å². The quantitative estimate of drug-likeness (QED) is 0.593. The molecule has 0 saturated carbocycles. The zero-order valence-electron chi connectivity index (χ0n) is 7.76. The Morgan fingerprint density at radius 1 is 1.21 bits per heavy atom. The van der Waals surface area contributed by atoms with Crippen LogP contribution in [0.25, 0.3) is 0 Å². The molecular weight excluding hydrogens is 202 g/mol. The van der Waals surface area contributed by atoms with Gasteiger partial charge in [-0.3, -0.25) is 9.54 Å². The van der Waals surface area contributed by atoms with Crippen molar-refractivity contribution in [3.05, 3.63) is 30.1 Å². The zero-order chi connectivity index (χ0) is 10.4. The molecule has 0 radical (unpaired) electrons. The summed E-state index contributed by atoms with van der Waals surface area (Å²) in [5.41, 5.74) is 1.13. The van der Waals surface area contributed by atoms with Gasteiger partial charge in [0.25, 0.3) is 10.1 Å². The fourth-order valence-electron chi connectivity index (χ4n) is 1.16. The predicted molar refractivity (Wildman–Crippen MR) is 53.6 cm³/mol. The van der Waals surface area contributed by atoms with Crippen molar-refractivity contribution in [3.63, 3.8) is 0 Å². The van der Waals surface area contributed by atoms with E-state index in [0.717, 1.165) is 18.4 Å². The third kappa shape index (κ3) is 4.94. The van der Waals surface area contributed by atoms with Gasteiger partial charge in [-0.05, 0) is 37.0 Å². The molecule has 1 rings (SSSR count). The van der Waals surface area contributed by atoms with Gasteiger partial charge in [0, 0.05) is 12.4 Å². The third-order valence-electron chi connectivity index (χ3n) is 1.87. The van der Waals surface area contributed by atoms with Crippen molar-refractivity contribution >= 4 is 10.1 Å². The van der Waals surface area contributed by atoms with Crippen LogP contribution in [0.5, 0.6) is 0 Å². The molecule has 0 aromatic carbocycles. The Labute approximate surface area is 83.7 Å². The minimum Gasteiger partial charge on any atom is -0.286 e. The van der Waals surface area contributed by atoms with Gasteiger partial charge in [0.1, 0.15) is 0 Å². The second kappa shape index (κ2) is 5.07. The molecule has 78 valence electrons. The van der Waals surface area contributed by atoms with Crippen LogP contribution in [0.4, 0.5) is 0 Å². The summed E-state index contributed by atoms with van der Waals surface area (Å²) in [6.45, 7) is 0. The lowest BCUT2D eigenvalue weighted by atomic mass is 10.1. The lowest BCUT2D eigenvalue weighted by Gasteiger charge is -1.99. The molecule has 0 unspecified atom stereocenters. The van der Waals surface area contributed by atoms with Gasteiger partial charge >= 0.3 is 0 Å². The fraction of sp³-hybridized carbons (Fsp3) is 0.444. The molecule has 0 bridgehead atoms. The van der Waals surface area contributed by atoms with E-state index in [0.29, 0.717) is 6.42 Å². The molecule has 1 aromatic rings. The zero-order valence-corrected chi connectivity index (χ0v) is 8.57. The van der Waals surface area contributed by atoms with Crippen molar-refractivity contribution in [3.8, 4) is 0 Å². The number of unbranched alkanes of at least 4 members (excludes halogenated alkanes) is 1. The van der Waals surface area contributed by atoms with E-state index in [1.165, 1.54) is 0 Å². The summed E-state index contributed by atoms with van der Waals surface area (Å²) in [6.07, 6.45) is 5.47. The molecular formula is C9H13NO3S. The van der Waals surface area contributed by atoms with Crippen LogP contribution in [-0.2, 0) is 16.5 Å². The average molecular weight is 215 g/mol. The van der Waals surface area contributed by atoms with Gasteiger partial charge < -0.3 is 0 Å². The summed E-state index contributed by atoms with van der Waals surface area (Å²) < 4.78 is 29.3. The van der Waals surface area contributed by atoms with E-state index in [9.17, 15) is 8.42 Å². The van der Waals surface area contributed by atoms with Gasteiger partial charge in [-0.15, -0.1) is 0 Å². The molecule has 1 aromatic heterocycles. The summed E-state index contributed by atoms with van der Waals surface area (Å²) in [5.74, 6) is -0.155. The third-order valence-corrected chi connectivity index (χ3v) is 2.67. The number of aromatic nitrogens is 1. The smallest absolute Gasteiger partial charge is 0.264 e. The molecule has 1 heterocycles. The second-order valence-electron chi connectivity index (χ2n) is 3.10. The molecule has 5 heteroatoms. The van der Waals surface area contributed by atoms with Gasteiger partial charge in [0.05, 0.1) is 5.75 Å². The van der Waals surface area contributed by atoms with Crippen LogP contribution in [-0.4, -0.2) is 23.7 Å². The Bertz CT molecular complexity index is 361. The molecule has 0 aliphatic heterocycles. The first-order valence-corrected chi connectivity index (χ1v) is 6.03. The van der Waals surface area contributed by atoms with Crippen LogP contribution in [0.3, 0.4) is 0 Å². The summed E-state index contributed by atoms with van der Waals surface area (Å²) >= 11 is 0. The van der Waals surface area contributed by atoms with E-state index in [2.05, 4.69) is 4.98 Å². The number of rotatable bonds is 5. The first kappa shape index (κ1) is 11.1. The lowest BCUT2D eigenvalue weighted by molar-refractivity contribution is 0.480. The molecule has 0 amide bonds. The first-order chi connectivity index (χ1) is 6.58. The molecule has 14 heavy (non-hydrogen) atoms. The Morgan fingerprint density at radius 3 is 2.43 bits per heavy atom.